The maximum Gasteiger partial charge on any atom is 0.347 e. The van der Waals surface area contributed by atoms with Gasteiger partial charge in [0.2, 0.25) is 6.10 Å². The van der Waals surface area contributed by atoms with Crippen LogP contribution >= 0.6 is 0 Å². The van der Waals surface area contributed by atoms with Crippen molar-refractivity contribution in [1.82, 2.24) is 0 Å². The lowest BCUT2D eigenvalue weighted by atomic mass is 9.50. The van der Waals surface area contributed by atoms with Gasteiger partial charge in [-0.1, -0.05) is 43.6 Å². The van der Waals surface area contributed by atoms with Crippen molar-refractivity contribution in [3.05, 3.63) is 0 Å². The quantitative estimate of drug-likeness (QED) is 0.235. The highest BCUT2D eigenvalue weighted by Gasteiger charge is 2.64. The third-order valence-corrected chi connectivity index (χ3v) is 14.2. The predicted octanol–water partition coefficient (Wildman–Crippen LogP) is 7.96. The first kappa shape index (κ1) is 34.3. The van der Waals surface area contributed by atoms with Crippen LogP contribution in [-0.4, -0.2) is 36.2 Å². The second kappa shape index (κ2) is 12.0. The number of carbonyl (C=O) groups is 3. The molecule has 8 bridgehead atoms. The van der Waals surface area contributed by atoms with Gasteiger partial charge in [0.1, 0.15) is 5.60 Å². The highest BCUT2D eigenvalue weighted by molar-refractivity contribution is 5.82. The summed E-state index contributed by atoms with van der Waals surface area (Å²) in [6.07, 6.45) is 10.4. The molecule has 8 aliphatic carbocycles. The number of cyclic esters (lactones) is 1. The number of rotatable bonds is 5. The normalized spacial score (nSPS) is 51.0. The Balaban J connectivity index is 0.00000106. The number of fused-ring (bicyclic) bond motifs is 4. The lowest BCUT2D eigenvalue weighted by Crippen LogP contribution is -2.58. The molecule has 0 aromatic rings. The third kappa shape index (κ3) is 4.98. The zero-order chi connectivity index (χ0) is 26.8. The van der Waals surface area contributed by atoms with Gasteiger partial charge in [-0.05, 0) is 136 Å². The summed E-state index contributed by atoms with van der Waals surface area (Å²) in [5.41, 5.74) is -0.244. The van der Waals surface area contributed by atoms with Crippen LogP contribution in [0.1, 0.15) is 115 Å². The molecule has 8 saturated carbocycles. The van der Waals surface area contributed by atoms with E-state index in [1.165, 1.54) is 38.5 Å². The van der Waals surface area contributed by atoms with E-state index < -0.39 is 12.1 Å². The summed E-state index contributed by atoms with van der Waals surface area (Å²) in [4.78, 5) is 38.9. The van der Waals surface area contributed by atoms with Gasteiger partial charge in [-0.2, -0.15) is 0 Å². The van der Waals surface area contributed by atoms with Gasteiger partial charge in [0.25, 0.3) is 0 Å². The average molecular weight is 603 g/mol. The summed E-state index contributed by atoms with van der Waals surface area (Å²) in [6.45, 7) is 7.42. The molecule has 9 fully saturated rings. The summed E-state index contributed by atoms with van der Waals surface area (Å²) < 4.78 is 17.3. The van der Waals surface area contributed by atoms with E-state index in [0.717, 1.165) is 31.1 Å². The molecule has 1 heterocycles. The molecule has 11 unspecified atom stereocenters. The molecule has 0 N–H and O–H groups in total. The van der Waals surface area contributed by atoms with Gasteiger partial charge in [0.15, 0.2) is 0 Å². The first-order valence-electron chi connectivity index (χ1n) is 16.3. The molecule has 1 aliphatic heterocycles. The molecule has 246 valence electrons. The highest BCUT2D eigenvalue weighted by atomic mass is 16.6. The first-order chi connectivity index (χ1) is 18.7. The molecule has 9 aliphatic rings. The van der Waals surface area contributed by atoms with Crippen molar-refractivity contribution in [3.8, 4) is 0 Å². The lowest BCUT2D eigenvalue weighted by Gasteiger charge is -2.59. The summed E-state index contributed by atoms with van der Waals surface area (Å²) in [5, 5.41) is 0. The number of esters is 3. The van der Waals surface area contributed by atoms with E-state index in [1.54, 1.807) is 0 Å². The highest BCUT2D eigenvalue weighted by Crippen LogP contribution is 2.67. The van der Waals surface area contributed by atoms with Crippen molar-refractivity contribution in [1.29, 1.82) is 0 Å². The Hall–Kier alpha value is -1.59. The summed E-state index contributed by atoms with van der Waals surface area (Å²) >= 11 is 0. The van der Waals surface area contributed by atoms with E-state index in [1.807, 2.05) is 0 Å². The fraction of sp³-hybridized carbons (Fsp3) is 0.919. The fourth-order valence-electron chi connectivity index (χ4n) is 12.6. The Kier molecular flexibility index (Phi) is 9.54. The molecular formula is C37H62O6. The Labute approximate surface area is 262 Å². The van der Waals surface area contributed by atoms with Crippen LogP contribution in [0, 0.1) is 82.9 Å². The second-order valence-corrected chi connectivity index (χ2v) is 15.7. The Bertz CT molecular complexity index is 1040. The Morgan fingerprint density at radius 3 is 1.86 bits per heavy atom. The third-order valence-electron chi connectivity index (χ3n) is 14.2. The van der Waals surface area contributed by atoms with Gasteiger partial charge >= 0.3 is 17.9 Å². The summed E-state index contributed by atoms with van der Waals surface area (Å²) in [7, 11) is 0. The van der Waals surface area contributed by atoms with Crippen LogP contribution in [0.2, 0.25) is 0 Å². The van der Waals surface area contributed by atoms with Crippen LogP contribution in [0.3, 0.4) is 0 Å². The number of hydrogen-bond acceptors (Lipinski definition) is 6. The maximum atomic E-state index is 14.0. The molecule has 0 amide bonds. The molecule has 0 spiro atoms. The molecule has 6 nitrogen and oxygen atoms in total. The second-order valence-electron chi connectivity index (χ2n) is 15.7. The lowest BCUT2D eigenvalue weighted by molar-refractivity contribution is -0.209. The standard InChI is InChI=1S/C33H46O6.4CH4/c1-15-19-11-24(26(12-19)31(35)39-33(3)21-7-17-6-18(9-21)10-22(33)8-17)29(15)28-16(2)23-13-20(28)14-25(23)30(34)38-27-4-5-37-32(27)36;;;;/h15-29H,4-14H2,1-3H3;4*1H4. The van der Waals surface area contributed by atoms with Crippen molar-refractivity contribution in [2.75, 3.05) is 6.61 Å². The first-order valence-corrected chi connectivity index (χ1v) is 16.3. The largest absolute Gasteiger partial charge is 0.463 e. The molecule has 43 heavy (non-hydrogen) atoms. The van der Waals surface area contributed by atoms with E-state index in [-0.39, 0.29) is 59.1 Å². The van der Waals surface area contributed by atoms with Gasteiger partial charge in [-0.25, -0.2) is 4.79 Å². The van der Waals surface area contributed by atoms with Gasteiger partial charge in [-0.15, -0.1) is 0 Å². The Morgan fingerprint density at radius 2 is 1.30 bits per heavy atom. The van der Waals surface area contributed by atoms with Crippen molar-refractivity contribution in [3.63, 3.8) is 0 Å². The topological polar surface area (TPSA) is 78.9 Å². The molecule has 0 aromatic carbocycles. The zero-order valence-electron chi connectivity index (χ0n) is 23.9. The van der Waals surface area contributed by atoms with Gasteiger partial charge in [0, 0.05) is 6.42 Å². The number of carbonyl (C=O) groups excluding carboxylic acids is 3. The van der Waals surface area contributed by atoms with Gasteiger partial charge in [0.05, 0.1) is 18.4 Å². The van der Waals surface area contributed by atoms with Gasteiger partial charge in [-0.3, -0.25) is 9.59 Å². The van der Waals surface area contributed by atoms with E-state index >= 15 is 0 Å². The Morgan fingerprint density at radius 1 is 0.721 bits per heavy atom. The monoisotopic (exact) mass is 602 g/mol. The van der Waals surface area contributed by atoms with E-state index in [4.69, 9.17) is 14.2 Å². The van der Waals surface area contributed by atoms with Crippen molar-refractivity contribution >= 4 is 17.9 Å². The van der Waals surface area contributed by atoms with Crippen LogP contribution < -0.4 is 0 Å². The molecule has 9 rings (SSSR count). The van der Waals surface area contributed by atoms with Crippen LogP contribution in [0.4, 0.5) is 0 Å². The zero-order valence-corrected chi connectivity index (χ0v) is 23.9. The average Bonchev–Trinajstić information content (AvgIpc) is 3.71. The fourth-order valence-corrected chi connectivity index (χ4v) is 12.6. The predicted molar refractivity (Wildman–Crippen MR) is 169 cm³/mol. The number of hydrogen-bond donors (Lipinski definition) is 0. The van der Waals surface area contributed by atoms with Crippen LogP contribution in [-0.2, 0) is 28.6 Å². The van der Waals surface area contributed by atoms with Crippen LogP contribution in [0.15, 0.2) is 0 Å². The number of ether oxygens (including phenoxy) is 3. The van der Waals surface area contributed by atoms with Crippen molar-refractivity contribution < 1.29 is 28.6 Å². The van der Waals surface area contributed by atoms with Crippen molar-refractivity contribution in [2.24, 2.45) is 82.9 Å². The smallest absolute Gasteiger partial charge is 0.347 e. The molecule has 1 saturated heterocycles. The minimum absolute atomic E-state index is 0. The van der Waals surface area contributed by atoms with Crippen molar-refractivity contribution in [2.45, 2.75) is 126 Å². The SMILES string of the molecule is C.C.C.C.CC1C2CC(CC2C(=O)OC2CCOC2=O)C1C1C(C)C2CC(C(=O)OC3(C)C4CC5CC(C4)CC3C5)C1C2. The van der Waals surface area contributed by atoms with E-state index in [0.29, 0.717) is 72.2 Å². The van der Waals surface area contributed by atoms with E-state index in [9.17, 15) is 14.4 Å². The molecule has 6 heteroatoms. The van der Waals surface area contributed by atoms with Crippen LogP contribution in [0.5, 0.6) is 0 Å². The molecule has 11 atom stereocenters. The molecule has 0 radical (unpaired) electrons. The van der Waals surface area contributed by atoms with Gasteiger partial charge < -0.3 is 14.2 Å². The van der Waals surface area contributed by atoms with Crippen LogP contribution in [0.25, 0.3) is 0 Å². The minimum Gasteiger partial charge on any atom is -0.463 e. The van der Waals surface area contributed by atoms with E-state index in [2.05, 4.69) is 20.8 Å². The molecular weight excluding hydrogens is 540 g/mol. The minimum atomic E-state index is -0.712. The maximum absolute atomic E-state index is 14.0. The molecule has 0 aromatic heterocycles. The summed E-state index contributed by atoms with van der Waals surface area (Å²) in [5.74, 6) is 6.51. The summed E-state index contributed by atoms with van der Waals surface area (Å²) in [6, 6.07) is 0.